The number of aryl methyl sites for hydroxylation is 1. The topological polar surface area (TPSA) is 7.76 Å². The molecule has 2 heteroatoms. The molecule has 0 fully saturated rings. The monoisotopic (exact) mass is 429 g/mol. The number of aromatic nitrogens is 2. The lowest BCUT2D eigenvalue weighted by atomic mass is 9.83. The molecule has 0 aliphatic heterocycles. The number of hydrogen-bond donors (Lipinski definition) is 0. The van der Waals surface area contributed by atoms with Gasteiger partial charge in [0.25, 0.3) is 0 Å². The van der Waals surface area contributed by atoms with Crippen molar-refractivity contribution in [1.29, 1.82) is 0 Å². The van der Waals surface area contributed by atoms with E-state index in [1.165, 1.54) is 33.0 Å². The number of fused-ring (bicyclic) bond motifs is 1. The molecule has 0 radical (unpaired) electrons. The molecule has 0 aliphatic carbocycles. The summed E-state index contributed by atoms with van der Waals surface area (Å²) in [5.41, 5.74) is 7.29. The number of nitrogens with zero attached hydrogens (tertiary/aromatic N) is 2. The minimum atomic E-state index is 0.0473. The molecule has 0 amide bonds. The molecule has 0 bridgehead atoms. The third-order valence-corrected chi connectivity index (χ3v) is 6.24. The average molecular weight is 430 g/mol. The van der Waals surface area contributed by atoms with Crippen LogP contribution in [0.25, 0.3) is 38.8 Å². The third kappa shape index (κ3) is 4.17. The molecular weight excluding hydrogens is 400 g/mol. The van der Waals surface area contributed by atoms with Crippen molar-refractivity contribution in [2.75, 3.05) is 0 Å². The van der Waals surface area contributed by atoms with Gasteiger partial charge in [0.15, 0.2) is 12.4 Å². The first-order chi connectivity index (χ1) is 15.9. The Morgan fingerprint density at radius 2 is 1.33 bits per heavy atom. The second-order valence-electron chi connectivity index (χ2n) is 9.66. The highest BCUT2D eigenvalue weighted by Crippen LogP contribution is 2.31. The maximum atomic E-state index is 3.42. The van der Waals surface area contributed by atoms with Crippen LogP contribution < -0.4 is 9.13 Å². The second-order valence-corrected chi connectivity index (χ2v) is 9.66. The van der Waals surface area contributed by atoms with Crippen LogP contribution in [0.15, 0.2) is 103 Å². The molecule has 5 aromatic rings. The van der Waals surface area contributed by atoms with E-state index in [-0.39, 0.29) is 5.41 Å². The number of rotatable bonds is 3. The van der Waals surface area contributed by atoms with E-state index in [1.54, 1.807) is 0 Å². The SMILES string of the molecule is C[n+]1c[c-][n+](-c2cc(C(C)(C)C)c3ccccc3c2)cc1-c1ccc(-c2ccccc2)cc1. The summed E-state index contributed by atoms with van der Waals surface area (Å²) >= 11 is 0. The zero-order chi connectivity index (χ0) is 23.0. The van der Waals surface area contributed by atoms with Crippen molar-refractivity contribution in [2.45, 2.75) is 26.2 Å². The molecule has 5 rings (SSSR count). The smallest absolute Gasteiger partial charge is 0.220 e. The van der Waals surface area contributed by atoms with Gasteiger partial charge in [-0.15, -0.1) is 0 Å². The first-order valence-electron chi connectivity index (χ1n) is 11.4. The summed E-state index contributed by atoms with van der Waals surface area (Å²) in [7, 11) is 2.07. The van der Waals surface area contributed by atoms with Crippen LogP contribution in [0.2, 0.25) is 0 Å². The zero-order valence-corrected chi connectivity index (χ0v) is 19.7. The fraction of sp³-hybridized carbons (Fsp3) is 0.161. The summed E-state index contributed by atoms with van der Waals surface area (Å²) in [4.78, 5) is 0. The predicted octanol–water partition coefficient (Wildman–Crippen LogP) is 6.37. The Hall–Kier alpha value is -3.78. The second kappa shape index (κ2) is 8.29. The van der Waals surface area contributed by atoms with E-state index in [4.69, 9.17) is 0 Å². The quantitative estimate of drug-likeness (QED) is 0.232. The maximum absolute atomic E-state index is 3.42. The van der Waals surface area contributed by atoms with E-state index >= 15 is 0 Å². The largest absolute Gasteiger partial charge is 0.316 e. The zero-order valence-electron chi connectivity index (χ0n) is 19.7. The van der Waals surface area contributed by atoms with Crippen LogP contribution in [0.1, 0.15) is 26.3 Å². The van der Waals surface area contributed by atoms with Crippen LogP contribution in [-0.2, 0) is 12.5 Å². The van der Waals surface area contributed by atoms with Crippen molar-refractivity contribution >= 4 is 10.8 Å². The molecule has 0 unspecified atom stereocenters. The summed E-state index contributed by atoms with van der Waals surface area (Å²) in [6.45, 7) is 6.83. The highest BCUT2D eigenvalue weighted by atomic mass is 15.0. The third-order valence-electron chi connectivity index (χ3n) is 6.24. The summed E-state index contributed by atoms with van der Waals surface area (Å²) in [6.07, 6.45) is 7.60. The van der Waals surface area contributed by atoms with Crippen LogP contribution in [0.5, 0.6) is 0 Å². The minimum absolute atomic E-state index is 0.0473. The molecule has 162 valence electrons. The Morgan fingerprint density at radius 1 is 0.697 bits per heavy atom. The molecule has 1 heterocycles. The fourth-order valence-electron chi connectivity index (χ4n) is 4.41. The molecule has 1 aromatic heterocycles. The van der Waals surface area contributed by atoms with Gasteiger partial charge < -0.3 is 4.57 Å². The van der Waals surface area contributed by atoms with Crippen molar-refractivity contribution in [3.63, 3.8) is 0 Å². The number of benzene rings is 4. The summed E-state index contributed by atoms with van der Waals surface area (Å²) in [5, 5.41) is 2.57. The van der Waals surface area contributed by atoms with Crippen molar-refractivity contribution in [2.24, 2.45) is 7.05 Å². The Kier molecular flexibility index (Phi) is 5.30. The highest BCUT2D eigenvalue weighted by Gasteiger charge is 2.19. The van der Waals surface area contributed by atoms with Crippen molar-refractivity contribution in [1.82, 2.24) is 0 Å². The molecule has 0 spiro atoms. The molecule has 0 saturated heterocycles. The lowest BCUT2D eigenvalue weighted by molar-refractivity contribution is -0.694. The number of hydrogen-bond acceptors (Lipinski definition) is 0. The molecule has 0 N–H and O–H groups in total. The van der Waals surface area contributed by atoms with Gasteiger partial charge in [0.2, 0.25) is 5.69 Å². The van der Waals surface area contributed by atoms with Crippen molar-refractivity contribution in [3.05, 3.63) is 115 Å². The van der Waals surface area contributed by atoms with Gasteiger partial charge in [-0.1, -0.05) is 87.5 Å². The minimum Gasteiger partial charge on any atom is -0.316 e. The molecule has 4 aromatic carbocycles. The predicted molar refractivity (Wildman–Crippen MR) is 135 cm³/mol. The molecule has 2 nitrogen and oxygen atoms in total. The lowest BCUT2D eigenvalue weighted by Crippen LogP contribution is -2.40. The molecule has 0 saturated carbocycles. The summed E-state index contributed by atoms with van der Waals surface area (Å²) in [6, 6.07) is 32.5. The highest BCUT2D eigenvalue weighted by molar-refractivity contribution is 5.88. The Morgan fingerprint density at radius 3 is 2.06 bits per heavy atom. The van der Waals surface area contributed by atoms with E-state index in [2.05, 4.69) is 140 Å². The van der Waals surface area contributed by atoms with Crippen LogP contribution >= 0.6 is 0 Å². The van der Waals surface area contributed by atoms with Gasteiger partial charge >= 0.3 is 0 Å². The molecule has 33 heavy (non-hydrogen) atoms. The van der Waals surface area contributed by atoms with Crippen LogP contribution in [0.4, 0.5) is 0 Å². The van der Waals surface area contributed by atoms with Gasteiger partial charge in [0, 0.05) is 5.56 Å². The molecule has 0 atom stereocenters. The molecule has 0 aliphatic rings. The van der Waals surface area contributed by atoms with Crippen molar-refractivity contribution < 1.29 is 9.13 Å². The van der Waals surface area contributed by atoms with Crippen LogP contribution in [0, 0.1) is 6.20 Å². The van der Waals surface area contributed by atoms with Gasteiger partial charge in [0.1, 0.15) is 18.9 Å². The van der Waals surface area contributed by atoms with Gasteiger partial charge in [-0.05, 0) is 57.1 Å². The lowest BCUT2D eigenvalue weighted by Gasteiger charge is -2.23. The van der Waals surface area contributed by atoms with Gasteiger partial charge in [-0.25, -0.2) is 4.57 Å². The standard InChI is InChI=1S/C31H29N2/c1-31(2,3)29-21-27(20-26-12-8-9-13-28(26)29)33-19-18-32(4)30(22-33)25-16-14-24(15-17-25)23-10-6-5-7-11-23/h5-18,20-22H,1-4H3/q+1. The van der Waals surface area contributed by atoms with Gasteiger partial charge in [-0.2, -0.15) is 0 Å². The first-order valence-corrected chi connectivity index (χ1v) is 11.4. The normalized spacial score (nSPS) is 11.6. The van der Waals surface area contributed by atoms with Gasteiger partial charge in [-0.3, -0.25) is 0 Å². The Labute approximate surface area is 196 Å². The van der Waals surface area contributed by atoms with E-state index in [9.17, 15) is 0 Å². The fourth-order valence-corrected chi connectivity index (χ4v) is 4.41. The summed E-state index contributed by atoms with van der Waals surface area (Å²) < 4.78 is 4.24. The maximum Gasteiger partial charge on any atom is 0.220 e. The first kappa shape index (κ1) is 21.1. The van der Waals surface area contributed by atoms with Crippen LogP contribution in [-0.4, -0.2) is 0 Å². The van der Waals surface area contributed by atoms with E-state index in [0.29, 0.717) is 0 Å². The van der Waals surface area contributed by atoms with Gasteiger partial charge in [0.05, 0.1) is 0 Å². The summed E-state index contributed by atoms with van der Waals surface area (Å²) in [5.74, 6) is 0. The van der Waals surface area contributed by atoms with E-state index in [1.807, 2.05) is 6.20 Å². The van der Waals surface area contributed by atoms with E-state index < -0.39 is 0 Å². The van der Waals surface area contributed by atoms with Crippen LogP contribution in [0.3, 0.4) is 0 Å². The van der Waals surface area contributed by atoms with E-state index in [0.717, 1.165) is 11.4 Å². The average Bonchev–Trinajstić information content (AvgIpc) is 2.84. The Bertz CT molecular complexity index is 1430. The molecular formula is C31H29N2+. The Balaban J connectivity index is 1.59. The van der Waals surface area contributed by atoms with Crippen molar-refractivity contribution in [3.8, 4) is 28.1 Å².